The van der Waals surface area contributed by atoms with Gasteiger partial charge >= 0.3 is 0 Å². The largest absolute Gasteiger partial charge is 0.507 e. The van der Waals surface area contributed by atoms with E-state index in [1.807, 2.05) is 32.0 Å². The first kappa shape index (κ1) is 17.1. The predicted octanol–water partition coefficient (Wildman–Crippen LogP) is 4.88. The Kier molecular flexibility index (Phi) is 5.12. The number of ether oxygens (including phenoxy) is 1. The van der Waals surface area contributed by atoms with Gasteiger partial charge in [0.15, 0.2) is 5.78 Å². The summed E-state index contributed by atoms with van der Waals surface area (Å²) in [5, 5.41) is 10.9. The van der Waals surface area contributed by atoms with Crippen LogP contribution in [-0.4, -0.2) is 18.0 Å². The maximum Gasteiger partial charge on any atom is 0.193 e. The first-order valence-electron chi connectivity index (χ1n) is 7.22. The lowest BCUT2D eigenvalue weighted by Gasteiger charge is -2.16. The molecular formula is C19H19ClO3. The number of rotatable bonds is 4. The summed E-state index contributed by atoms with van der Waals surface area (Å²) in [6, 6.07) is 7.23. The van der Waals surface area contributed by atoms with Crippen LogP contribution in [0.15, 0.2) is 30.3 Å². The molecule has 1 N–H and O–H groups in total. The van der Waals surface area contributed by atoms with Crippen molar-refractivity contribution < 1.29 is 14.6 Å². The summed E-state index contributed by atoms with van der Waals surface area (Å²) in [6.45, 7) is 5.54. The van der Waals surface area contributed by atoms with Crippen LogP contribution in [0, 0.1) is 20.8 Å². The second-order valence-electron chi connectivity index (χ2n) is 5.35. The zero-order valence-electron chi connectivity index (χ0n) is 13.6. The van der Waals surface area contributed by atoms with E-state index in [0.29, 0.717) is 16.3 Å². The minimum Gasteiger partial charge on any atom is -0.507 e. The smallest absolute Gasteiger partial charge is 0.193 e. The summed E-state index contributed by atoms with van der Waals surface area (Å²) in [5.74, 6) is 0.0311. The molecule has 0 amide bonds. The zero-order valence-corrected chi connectivity index (χ0v) is 14.4. The molecule has 23 heavy (non-hydrogen) atoms. The van der Waals surface area contributed by atoms with Crippen molar-refractivity contribution in [1.29, 1.82) is 0 Å². The molecule has 0 spiro atoms. The number of benzene rings is 2. The van der Waals surface area contributed by atoms with Crippen molar-refractivity contribution in [1.82, 2.24) is 0 Å². The molecule has 0 heterocycles. The fourth-order valence-electron chi connectivity index (χ4n) is 2.45. The summed E-state index contributed by atoms with van der Waals surface area (Å²) in [5.41, 5.74) is 3.35. The van der Waals surface area contributed by atoms with E-state index in [2.05, 4.69) is 0 Å². The minimum absolute atomic E-state index is 0.0428. The normalized spacial score (nSPS) is 11.0. The highest BCUT2D eigenvalue weighted by molar-refractivity contribution is 6.32. The number of ketones is 1. The Hall–Kier alpha value is -2.26. The average Bonchev–Trinajstić information content (AvgIpc) is 2.55. The number of carbonyl (C=O) groups is 1. The van der Waals surface area contributed by atoms with Gasteiger partial charge in [0.1, 0.15) is 17.1 Å². The molecule has 0 saturated heterocycles. The standard InChI is InChI=1S/C19H19ClO3/c1-11-12(2)18(22)17(19(23-4)13(11)3)16(21)10-9-14-7-5-6-8-15(14)20/h5-10,22H,1-4H3/b10-9+. The highest BCUT2D eigenvalue weighted by Crippen LogP contribution is 2.38. The molecule has 2 aromatic rings. The fourth-order valence-corrected chi connectivity index (χ4v) is 2.65. The molecule has 0 aliphatic carbocycles. The number of hydrogen-bond donors (Lipinski definition) is 1. The number of phenols is 1. The van der Waals surface area contributed by atoms with E-state index in [0.717, 1.165) is 16.7 Å². The molecule has 2 rings (SSSR count). The van der Waals surface area contributed by atoms with Gasteiger partial charge in [-0.25, -0.2) is 0 Å². The van der Waals surface area contributed by atoms with E-state index in [9.17, 15) is 9.90 Å². The number of allylic oxidation sites excluding steroid dienone is 1. The maximum absolute atomic E-state index is 12.6. The van der Waals surface area contributed by atoms with E-state index in [4.69, 9.17) is 16.3 Å². The molecule has 0 aromatic heterocycles. The van der Waals surface area contributed by atoms with Crippen LogP contribution >= 0.6 is 11.6 Å². The molecule has 0 bridgehead atoms. The third-order valence-electron chi connectivity index (χ3n) is 4.05. The molecule has 3 nitrogen and oxygen atoms in total. The first-order chi connectivity index (χ1) is 10.9. The van der Waals surface area contributed by atoms with Gasteiger partial charge in [0.05, 0.1) is 7.11 Å². The van der Waals surface area contributed by atoms with Gasteiger partial charge in [0, 0.05) is 5.02 Å². The Morgan fingerprint density at radius 2 is 1.78 bits per heavy atom. The maximum atomic E-state index is 12.6. The molecule has 0 fully saturated rings. The van der Waals surface area contributed by atoms with Gasteiger partial charge in [0.2, 0.25) is 0 Å². The van der Waals surface area contributed by atoms with Crippen molar-refractivity contribution in [3.05, 3.63) is 63.2 Å². The monoisotopic (exact) mass is 330 g/mol. The van der Waals surface area contributed by atoms with Crippen molar-refractivity contribution in [2.75, 3.05) is 7.11 Å². The van der Waals surface area contributed by atoms with E-state index in [-0.39, 0.29) is 17.1 Å². The van der Waals surface area contributed by atoms with Gasteiger partial charge < -0.3 is 9.84 Å². The Balaban J connectivity index is 2.50. The molecular weight excluding hydrogens is 312 g/mol. The lowest BCUT2D eigenvalue weighted by molar-refractivity contribution is 0.104. The number of hydrogen-bond acceptors (Lipinski definition) is 3. The van der Waals surface area contributed by atoms with E-state index < -0.39 is 0 Å². The predicted molar refractivity (Wildman–Crippen MR) is 93.7 cm³/mol. The van der Waals surface area contributed by atoms with Crippen LogP contribution in [0.5, 0.6) is 11.5 Å². The Morgan fingerprint density at radius 1 is 1.13 bits per heavy atom. The van der Waals surface area contributed by atoms with Crippen LogP contribution in [0.25, 0.3) is 6.08 Å². The van der Waals surface area contributed by atoms with E-state index >= 15 is 0 Å². The van der Waals surface area contributed by atoms with Crippen molar-refractivity contribution in [3.63, 3.8) is 0 Å². The summed E-state index contributed by atoms with van der Waals surface area (Å²) < 4.78 is 5.35. The topological polar surface area (TPSA) is 46.5 Å². The van der Waals surface area contributed by atoms with Crippen LogP contribution in [0.3, 0.4) is 0 Å². The zero-order chi connectivity index (χ0) is 17.1. The van der Waals surface area contributed by atoms with E-state index in [1.165, 1.54) is 13.2 Å². The summed E-state index contributed by atoms with van der Waals surface area (Å²) in [4.78, 5) is 12.6. The van der Waals surface area contributed by atoms with Crippen molar-refractivity contribution in [3.8, 4) is 11.5 Å². The Morgan fingerprint density at radius 3 is 2.39 bits per heavy atom. The number of halogens is 1. The quantitative estimate of drug-likeness (QED) is 0.642. The van der Waals surface area contributed by atoms with Gasteiger partial charge in [0.25, 0.3) is 0 Å². The molecule has 120 valence electrons. The van der Waals surface area contributed by atoms with Crippen LogP contribution in [-0.2, 0) is 0 Å². The van der Waals surface area contributed by atoms with Crippen molar-refractivity contribution in [2.45, 2.75) is 20.8 Å². The Bertz CT molecular complexity index is 792. The lowest BCUT2D eigenvalue weighted by Crippen LogP contribution is -2.05. The molecule has 2 aromatic carbocycles. The summed E-state index contributed by atoms with van der Waals surface area (Å²) >= 11 is 6.08. The number of carbonyl (C=O) groups excluding carboxylic acids is 1. The molecule has 0 saturated carbocycles. The second kappa shape index (κ2) is 6.88. The van der Waals surface area contributed by atoms with Crippen molar-refractivity contribution in [2.24, 2.45) is 0 Å². The van der Waals surface area contributed by atoms with Gasteiger partial charge in [-0.15, -0.1) is 0 Å². The SMILES string of the molecule is COc1c(C)c(C)c(C)c(O)c1C(=O)/C=C/c1ccccc1Cl. The van der Waals surface area contributed by atoms with Gasteiger partial charge in [-0.1, -0.05) is 29.8 Å². The average molecular weight is 331 g/mol. The van der Waals surface area contributed by atoms with Crippen LogP contribution in [0.1, 0.15) is 32.6 Å². The Labute approximate surface area is 141 Å². The fraction of sp³-hybridized carbons (Fsp3) is 0.211. The van der Waals surface area contributed by atoms with Crippen LogP contribution in [0.4, 0.5) is 0 Å². The molecule has 4 heteroatoms. The molecule has 0 unspecified atom stereocenters. The highest BCUT2D eigenvalue weighted by atomic mass is 35.5. The number of aromatic hydroxyl groups is 1. The third-order valence-corrected chi connectivity index (χ3v) is 4.40. The van der Waals surface area contributed by atoms with Crippen molar-refractivity contribution >= 4 is 23.5 Å². The second-order valence-corrected chi connectivity index (χ2v) is 5.76. The van der Waals surface area contributed by atoms with E-state index in [1.54, 1.807) is 19.1 Å². The molecule has 0 atom stereocenters. The molecule has 0 radical (unpaired) electrons. The minimum atomic E-state index is -0.328. The van der Waals surface area contributed by atoms with Crippen LogP contribution < -0.4 is 4.74 Å². The van der Waals surface area contributed by atoms with Gasteiger partial charge in [-0.05, 0) is 61.2 Å². The van der Waals surface area contributed by atoms with Crippen LogP contribution in [0.2, 0.25) is 5.02 Å². The summed E-state index contributed by atoms with van der Waals surface area (Å²) in [6.07, 6.45) is 3.03. The lowest BCUT2D eigenvalue weighted by atomic mass is 9.95. The first-order valence-corrected chi connectivity index (χ1v) is 7.60. The number of methoxy groups -OCH3 is 1. The third kappa shape index (κ3) is 3.25. The number of phenolic OH excluding ortho intramolecular Hbond substituents is 1. The van der Waals surface area contributed by atoms with Gasteiger partial charge in [-0.3, -0.25) is 4.79 Å². The molecule has 0 aliphatic heterocycles. The summed E-state index contributed by atoms with van der Waals surface area (Å²) in [7, 11) is 1.49. The highest BCUT2D eigenvalue weighted by Gasteiger charge is 2.22. The molecule has 0 aliphatic rings. The van der Waals surface area contributed by atoms with Gasteiger partial charge in [-0.2, -0.15) is 0 Å².